The van der Waals surface area contributed by atoms with Crippen molar-refractivity contribution in [2.75, 3.05) is 5.73 Å². The maximum absolute atomic E-state index is 5.63. The van der Waals surface area contributed by atoms with Crippen molar-refractivity contribution in [1.29, 1.82) is 0 Å². The molecule has 0 aromatic carbocycles. The molecule has 1 heterocycles. The molecule has 0 atom stereocenters. The van der Waals surface area contributed by atoms with Gasteiger partial charge in [0.2, 0.25) is 0 Å². The van der Waals surface area contributed by atoms with Gasteiger partial charge in [0.25, 0.3) is 0 Å². The third kappa shape index (κ3) is 1.33. The molecule has 1 aromatic rings. The predicted molar refractivity (Wildman–Crippen MR) is 38.4 cm³/mol. The molecule has 0 bridgehead atoms. The third-order valence-corrected chi connectivity index (χ3v) is 1.31. The van der Waals surface area contributed by atoms with Gasteiger partial charge >= 0.3 is 0 Å². The van der Waals surface area contributed by atoms with E-state index in [-0.39, 0.29) is 0 Å². The lowest BCUT2D eigenvalue weighted by molar-refractivity contribution is 1.28. The molecule has 0 radical (unpaired) electrons. The first-order chi connectivity index (χ1) is 4.20. The Morgan fingerprint density at radius 2 is 2.33 bits per heavy atom. The number of nitrogens with two attached hydrogens (primary N) is 1. The van der Waals surface area contributed by atoms with Crippen molar-refractivity contribution in [1.82, 2.24) is 4.98 Å². The average molecular weight is 143 g/mol. The lowest BCUT2D eigenvalue weighted by Gasteiger charge is -1.95. The van der Waals surface area contributed by atoms with Gasteiger partial charge in [-0.25, -0.2) is 4.98 Å². The third-order valence-electron chi connectivity index (χ3n) is 1.01. The van der Waals surface area contributed by atoms with Gasteiger partial charge in [0.15, 0.2) is 0 Å². The largest absolute Gasteiger partial charge is 0.382 e. The van der Waals surface area contributed by atoms with E-state index in [2.05, 4.69) is 4.98 Å². The van der Waals surface area contributed by atoms with Gasteiger partial charge in [-0.15, -0.1) is 0 Å². The second-order valence-electron chi connectivity index (χ2n) is 1.88. The summed E-state index contributed by atoms with van der Waals surface area (Å²) in [5.74, 6) is 0.391. The van der Waals surface area contributed by atoms with E-state index < -0.39 is 0 Å². The minimum absolute atomic E-state index is 0.391. The number of aromatic nitrogens is 1. The van der Waals surface area contributed by atoms with Crippen molar-refractivity contribution in [3.8, 4) is 0 Å². The molecule has 9 heavy (non-hydrogen) atoms. The number of anilines is 1. The van der Waals surface area contributed by atoms with Gasteiger partial charge < -0.3 is 5.73 Å². The molecule has 48 valence electrons. The van der Waals surface area contributed by atoms with Crippen LogP contribution in [0.5, 0.6) is 0 Å². The van der Waals surface area contributed by atoms with Crippen LogP contribution in [0.25, 0.3) is 0 Å². The van der Waals surface area contributed by atoms with Crippen molar-refractivity contribution >= 4 is 17.4 Å². The number of hydrogen-bond donors (Lipinski definition) is 1. The molecule has 0 aliphatic heterocycles. The first-order valence-electron chi connectivity index (χ1n) is 2.58. The van der Waals surface area contributed by atoms with Crippen LogP contribution in [0.15, 0.2) is 12.3 Å². The number of aryl methyl sites for hydroxylation is 1. The summed E-state index contributed by atoms with van der Waals surface area (Å²) in [4.78, 5) is 3.82. The summed E-state index contributed by atoms with van der Waals surface area (Å²) in [5.41, 5.74) is 6.37. The van der Waals surface area contributed by atoms with Crippen molar-refractivity contribution in [2.24, 2.45) is 0 Å². The van der Waals surface area contributed by atoms with Crippen LogP contribution in [0.1, 0.15) is 5.56 Å². The van der Waals surface area contributed by atoms with Crippen LogP contribution in [-0.2, 0) is 0 Å². The predicted octanol–water partition coefficient (Wildman–Crippen LogP) is 1.63. The number of rotatable bonds is 0. The summed E-state index contributed by atoms with van der Waals surface area (Å²) in [7, 11) is 0. The first kappa shape index (κ1) is 6.36. The highest BCUT2D eigenvalue weighted by Crippen LogP contribution is 2.15. The molecule has 0 amide bonds. The molecule has 0 aliphatic carbocycles. The smallest absolute Gasteiger partial charge is 0.142 e. The highest BCUT2D eigenvalue weighted by molar-refractivity contribution is 6.32. The SMILES string of the molecule is Cc1cnc(N)c(Cl)c1. The average Bonchev–Trinajstić information content (AvgIpc) is 1.80. The van der Waals surface area contributed by atoms with Gasteiger partial charge in [-0.1, -0.05) is 11.6 Å². The Hall–Kier alpha value is -0.760. The van der Waals surface area contributed by atoms with Crippen LogP contribution < -0.4 is 5.73 Å². The zero-order valence-electron chi connectivity index (χ0n) is 5.06. The van der Waals surface area contributed by atoms with E-state index >= 15 is 0 Å². The highest BCUT2D eigenvalue weighted by atomic mass is 35.5. The van der Waals surface area contributed by atoms with Crippen LogP contribution in [0, 0.1) is 6.92 Å². The zero-order valence-corrected chi connectivity index (χ0v) is 5.81. The Balaban J connectivity index is 3.17. The molecule has 1 rings (SSSR count). The molecule has 2 N–H and O–H groups in total. The number of halogens is 1. The van der Waals surface area contributed by atoms with Crippen LogP contribution in [0.2, 0.25) is 5.02 Å². The molecule has 0 fully saturated rings. The fourth-order valence-electron chi connectivity index (χ4n) is 0.544. The summed E-state index contributed by atoms with van der Waals surface area (Å²) in [6.45, 7) is 1.92. The Morgan fingerprint density at radius 3 is 2.78 bits per heavy atom. The van der Waals surface area contributed by atoms with Gasteiger partial charge in [-0.3, -0.25) is 0 Å². The number of hydrogen-bond acceptors (Lipinski definition) is 2. The summed E-state index contributed by atoms with van der Waals surface area (Å²) >= 11 is 5.63. The Kier molecular flexibility index (Phi) is 1.58. The molecule has 0 saturated heterocycles. The molecule has 0 saturated carbocycles. The van der Waals surface area contributed by atoms with E-state index in [1.165, 1.54) is 0 Å². The zero-order chi connectivity index (χ0) is 6.85. The van der Waals surface area contributed by atoms with E-state index in [4.69, 9.17) is 17.3 Å². The van der Waals surface area contributed by atoms with Crippen molar-refractivity contribution in [2.45, 2.75) is 6.92 Å². The Labute approximate surface area is 58.7 Å². The summed E-state index contributed by atoms with van der Waals surface area (Å²) in [5, 5.41) is 0.523. The summed E-state index contributed by atoms with van der Waals surface area (Å²) in [6.07, 6.45) is 1.68. The lowest BCUT2D eigenvalue weighted by Crippen LogP contribution is -1.90. The molecular weight excluding hydrogens is 136 g/mol. The minimum Gasteiger partial charge on any atom is -0.382 e. The van der Waals surface area contributed by atoms with Gasteiger partial charge in [0.1, 0.15) is 5.82 Å². The standard InChI is InChI=1S/C6H7ClN2/c1-4-2-5(7)6(8)9-3-4/h2-3H,1H3,(H2,8,9). The molecule has 2 nitrogen and oxygen atoms in total. The van der Waals surface area contributed by atoms with E-state index in [1.807, 2.05) is 6.92 Å². The van der Waals surface area contributed by atoms with E-state index in [1.54, 1.807) is 12.3 Å². The van der Waals surface area contributed by atoms with Crippen molar-refractivity contribution in [3.63, 3.8) is 0 Å². The topological polar surface area (TPSA) is 38.9 Å². The lowest BCUT2D eigenvalue weighted by atomic mass is 10.3. The van der Waals surface area contributed by atoms with Crippen LogP contribution >= 0.6 is 11.6 Å². The maximum Gasteiger partial charge on any atom is 0.142 e. The van der Waals surface area contributed by atoms with Crippen LogP contribution in [-0.4, -0.2) is 4.98 Å². The fraction of sp³-hybridized carbons (Fsp3) is 0.167. The maximum atomic E-state index is 5.63. The molecule has 1 aromatic heterocycles. The molecular formula is C6H7ClN2. The molecule has 0 unspecified atom stereocenters. The van der Waals surface area contributed by atoms with Crippen LogP contribution in [0.3, 0.4) is 0 Å². The fourth-order valence-corrected chi connectivity index (χ4v) is 0.765. The van der Waals surface area contributed by atoms with E-state index in [0.717, 1.165) is 5.56 Å². The Morgan fingerprint density at radius 1 is 1.67 bits per heavy atom. The normalized spacial score (nSPS) is 9.56. The number of nitrogen functional groups attached to an aromatic ring is 1. The van der Waals surface area contributed by atoms with Crippen LogP contribution in [0.4, 0.5) is 5.82 Å². The number of nitrogens with zero attached hydrogens (tertiary/aromatic N) is 1. The monoisotopic (exact) mass is 142 g/mol. The van der Waals surface area contributed by atoms with Crippen molar-refractivity contribution in [3.05, 3.63) is 22.8 Å². The first-order valence-corrected chi connectivity index (χ1v) is 2.95. The van der Waals surface area contributed by atoms with Gasteiger partial charge in [-0.2, -0.15) is 0 Å². The van der Waals surface area contributed by atoms with E-state index in [9.17, 15) is 0 Å². The molecule has 0 spiro atoms. The summed E-state index contributed by atoms with van der Waals surface area (Å²) < 4.78 is 0. The van der Waals surface area contributed by atoms with Gasteiger partial charge in [0.05, 0.1) is 5.02 Å². The Bertz CT molecular complexity index is 222. The minimum atomic E-state index is 0.391. The molecule has 0 aliphatic rings. The quantitative estimate of drug-likeness (QED) is 0.598. The van der Waals surface area contributed by atoms with Crippen molar-refractivity contribution < 1.29 is 0 Å². The van der Waals surface area contributed by atoms with E-state index in [0.29, 0.717) is 10.8 Å². The summed E-state index contributed by atoms with van der Waals surface area (Å²) in [6, 6.07) is 1.78. The molecule has 3 heteroatoms. The van der Waals surface area contributed by atoms with Gasteiger partial charge in [-0.05, 0) is 18.6 Å². The highest BCUT2D eigenvalue weighted by Gasteiger charge is 1.93. The number of pyridine rings is 1. The van der Waals surface area contributed by atoms with Gasteiger partial charge in [0, 0.05) is 6.20 Å². The second-order valence-corrected chi connectivity index (χ2v) is 2.29. The second kappa shape index (κ2) is 2.23.